The van der Waals surface area contributed by atoms with Crippen LogP contribution in [0, 0.1) is 51.8 Å². The largest absolute Gasteiger partial charge is 0.481 e. The predicted molar refractivity (Wildman–Crippen MR) is 173 cm³/mol. The third kappa shape index (κ3) is 6.42. The summed E-state index contributed by atoms with van der Waals surface area (Å²) in [5.74, 6) is 1.19. The number of aliphatic hydroxyl groups excluding tert-OH is 1. The van der Waals surface area contributed by atoms with Crippen LogP contribution < -0.4 is 17.2 Å². The summed E-state index contributed by atoms with van der Waals surface area (Å²) >= 11 is 0. The van der Waals surface area contributed by atoms with Gasteiger partial charge in [0, 0.05) is 11.8 Å². The number of nitrogens with two attached hydrogens (primary N) is 3. The average Bonchev–Trinajstić information content (AvgIpc) is 3.28. The number of carboxylic acids is 1. The van der Waals surface area contributed by atoms with Crippen LogP contribution in [-0.2, 0) is 14.3 Å². The molecule has 10 atom stereocenters. The summed E-state index contributed by atoms with van der Waals surface area (Å²) in [5, 5.41) is 21.4. The van der Waals surface area contributed by atoms with E-state index in [1.54, 1.807) is 0 Å². The molecule has 4 rings (SSSR count). The van der Waals surface area contributed by atoms with Gasteiger partial charge < -0.3 is 32.2 Å². The fourth-order valence-electron chi connectivity index (χ4n) is 10.7. The zero-order valence-corrected chi connectivity index (χ0v) is 27.9. The second-order valence-electron chi connectivity index (χ2n) is 15.6. The first-order chi connectivity index (χ1) is 20.7. The van der Waals surface area contributed by atoms with E-state index < -0.39 is 41.5 Å². The number of carbonyl (C=O) groups is 2. The third-order valence-corrected chi connectivity index (χ3v) is 12.8. The van der Waals surface area contributed by atoms with E-state index in [1.807, 2.05) is 0 Å². The van der Waals surface area contributed by atoms with Gasteiger partial charge >= 0.3 is 11.9 Å². The average molecular weight is 617 g/mol. The van der Waals surface area contributed by atoms with E-state index in [9.17, 15) is 19.8 Å². The molecule has 0 heterocycles. The number of hydrogen-bond donors (Lipinski definition) is 5. The molecule has 0 aliphatic heterocycles. The first-order valence-corrected chi connectivity index (χ1v) is 17.3. The van der Waals surface area contributed by atoms with Crippen molar-refractivity contribution >= 4 is 17.9 Å². The number of nitrogens with zero attached hydrogens (tertiary/aromatic N) is 1. The molecule has 3 saturated carbocycles. The molecule has 4 aliphatic rings. The maximum absolute atomic E-state index is 14.5. The number of guanidine groups is 1. The Morgan fingerprint density at radius 2 is 1.80 bits per heavy atom. The second kappa shape index (κ2) is 13.7. The SMILES string of the molecule is CC(C)CCC[C@@H](C)[C@H]1CC[C@H]2[C@@H]3CC=C4C[C@H](O)CC(CC(=O)O)(C(=O)OC(CCCN)N=C(N)N)[C@]4(C)[C@H]3CC[C@]12C. The van der Waals surface area contributed by atoms with Crippen LogP contribution in [-0.4, -0.2) is 47.0 Å². The number of allylic oxidation sites excluding steroid dienone is 1. The van der Waals surface area contributed by atoms with Gasteiger partial charge in [-0.1, -0.05) is 65.5 Å². The molecular formula is C35H60N4O5. The van der Waals surface area contributed by atoms with Gasteiger partial charge in [-0.25, -0.2) is 4.99 Å². The number of carbonyl (C=O) groups excluding carboxylic acids is 1. The van der Waals surface area contributed by atoms with Crippen LogP contribution in [0.4, 0.5) is 0 Å². The van der Waals surface area contributed by atoms with E-state index >= 15 is 0 Å². The Hall–Kier alpha value is -2.13. The van der Waals surface area contributed by atoms with E-state index in [0.717, 1.165) is 30.8 Å². The quantitative estimate of drug-likeness (QED) is 0.0797. The molecule has 0 aromatic carbocycles. The van der Waals surface area contributed by atoms with Crippen LogP contribution in [0.1, 0.15) is 118 Å². The van der Waals surface area contributed by atoms with Gasteiger partial charge in [0.2, 0.25) is 0 Å². The van der Waals surface area contributed by atoms with Crippen LogP contribution in [0.2, 0.25) is 0 Å². The Kier molecular flexibility index (Phi) is 10.8. The molecule has 9 nitrogen and oxygen atoms in total. The monoisotopic (exact) mass is 616 g/mol. The minimum atomic E-state index is -1.44. The number of aliphatic imine (C=N–C) groups is 1. The van der Waals surface area contributed by atoms with E-state index in [2.05, 4.69) is 45.7 Å². The van der Waals surface area contributed by atoms with Gasteiger partial charge in [-0.15, -0.1) is 0 Å². The van der Waals surface area contributed by atoms with Crippen molar-refractivity contribution in [3.63, 3.8) is 0 Å². The summed E-state index contributed by atoms with van der Waals surface area (Å²) in [5.41, 5.74) is 16.1. The first kappa shape index (κ1) is 34.7. The minimum Gasteiger partial charge on any atom is -0.481 e. The lowest BCUT2D eigenvalue weighted by Gasteiger charge is -2.63. The second-order valence-corrected chi connectivity index (χ2v) is 15.6. The number of fused-ring (bicyclic) bond motifs is 5. The zero-order chi connectivity index (χ0) is 32.4. The fourth-order valence-corrected chi connectivity index (χ4v) is 10.7. The predicted octanol–water partition coefficient (Wildman–Crippen LogP) is 5.34. The number of hydrogen-bond acceptors (Lipinski definition) is 6. The van der Waals surface area contributed by atoms with Crippen LogP contribution in [0.15, 0.2) is 16.6 Å². The van der Waals surface area contributed by atoms with Crippen molar-refractivity contribution in [2.45, 2.75) is 130 Å². The van der Waals surface area contributed by atoms with Gasteiger partial charge in [-0.3, -0.25) is 9.59 Å². The van der Waals surface area contributed by atoms with Gasteiger partial charge in [0.05, 0.1) is 17.9 Å². The molecule has 0 bridgehead atoms. The summed E-state index contributed by atoms with van der Waals surface area (Å²) in [7, 11) is 0. The lowest BCUT2D eigenvalue weighted by molar-refractivity contribution is -0.191. The van der Waals surface area contributed by atoms with Gasteiger partial charge in [-0.2, -0.15) is 0 Å². The van der Waals surface area contributed by atoms with E-state index in [0.29, 0.717) is 49.5 Å². The summed E-state index contributed by atoms with van der Waals surface area (Å²) in [6.45, 7) is 12.1. The Labute approximate surface area is 264 Å². The van der Waals surface area contributed by atoms with Gasteiger partial charge in [0.1, 0.15) is 0 Å². The van der Waals surface area contributed by atoms with Crippen LogP contribution >= 0.6 is 0 Å². The molecule has 4 aliphatic carbocycles. The normalized spacial score (nSPS) is 37.6. The Morgan fingerprint density at radius 1 is 1.07 bits per heavy atom. The highest BCUT2D eigenvalue weighted by atomic mass is 16.6. The van der Waals surface area contributed by atoms with Gasteiger partial charge in [0.25, 0.3) is 0 Å². The molecule has 0 saturated heterocycles. The molecule has 44 heavy (non-hydrogen) atoms. The third-order valence-electron chi connectivity index (χ3n) is 12.8. The minimum absolute atomic E-state index is 0.0398. The maximum Gasteiger partial charge on any atom is 0.315 e. The van der Waals surface area contributed by atoms with E-state index in [4.69, 9.17) is 21.9 Å². The van der Waals surface area contributed by atoms with Crippen LogP contribution in [0.3, 0.4) is 0 Å². The fraction of sp³-hybridized carbons (Fsp3) is 0.857. The zero-order valence-electron chi connectivity index (χ0n) is 27.9. The number of carboxylic acid groups (broad SMARTS) is 1. The number of ether oxygens (including phenoxy) is 1. The number of rotatable bonds is 13. The van der Waals surface area contributed by atoms with E-state index in [-0.39, 0.29) is 23.7 Å². The Balaban J connectivity index is 1.69. The highest BCUT2D eigenvalue weighted by Gasteiger charge is 2.68. The number of aliphatic hydroxyl groups is 1. The Morgan fingerprint density at radius 3 is 2.43 bits per heavy atom. The van der Waals surface area contributed by atoms with Crippen LogP contribution in [0.25, 0.3) is 0 Å². The molecule has 8 N–H and O–H groups in total. The summed E-state index contributed by atoms with van der Waals surface area (Å²) in [4.78, 5) is 31.2. The van der Waals surface area contributed by atoms with Crippen LogP contribution in [0.5, 0.6) is 0 Å². The molecule has 250 valence electrons. The first-order valence-electron chi connectivity index (χ1n) is 17.3. The van der Waals surface area contributed by atoms with Crippen molar-refractivity contribution in [2.75, 3.05) is 6.54 Å². The lowest BCUT2D eigenvalue weighted by Crippen LogP contribution is -2.62. The number of esters is 1. The van der Waals surface area contributed by atoms with Crippen molar-refractivity contribution in [1.29, 1.82) is 0 Å². The van der Waals surface area contributed by atoms with Gasteiger partial charge in [-0.05, 0) is 98.8 Å². The van der Waals surface area contributed by atoms with Crippen molar-refractivity contribution in [2.24, 2.45) is 73.9 Å². The van der Waals surface area contributed by atoms with Crippen molar-refractivity contribution in [3.05, 3.63) is 11.6 Å². The molecule has 0 aromatic rings. The summed E-state index contributed by atoms with van der Waals surface area (Å²) in [6, 6.07) is 0. The van der Waals surface area contributed by atoms with Crippen molar-refractivity contribution in [1.82, 2.24) is 0 Å². The highest BCUT2D eigenvalue weighted by molar-refractivity contribution is 5.85. The standard InChI is InChI=1S/C35H60N4O5/c1-21(2)8-6-9-22(3)26-13-14-27-25-12-11-23-18-24(40)19-35(20-30(41)42,34(23,5)28(25)15-16-33(26,27)4)31(43)44-29(10-7-17-36)39-32(37)38/h11,21-22,24-29,40H,6-10,12-20,36H2,1-5H3,(H,41,42)(H4,37,38,39)/t22-,24+,25+,26-,27+,28+,29?,33-,34+,35?/m1/s1. The van der Waals surface area contributed by atoms with Crippen molar-refractivity contribution in [3.8, 4) is 0 Å². The van der Waals surface area contributed by atoms with E-state index in [1.165, 1.54) is 32.1 Å². The smallest absolute Gasteiger partial charge is 0.315 e. The topological polar surface area (TPSA) is 174 Å². The number of aliphatic carboxylic acids is 1. The molecule has 2 unspecified atom stereocenters. The molecular weight excluding hydrogens is 556 g/mol. The lowest BCUT2D eigenvalue weighted by atomic mass is 9.40. The Bertz CT molecular complexity index is 1100. The molecule has 3 fully saturated rings. The summed E-state index contributed by atoms with van der Waals surface area (Å²) in [6.07, 6.45) is 10.6. The maximum atomic E-state index is 14.5. The highest BCUT2D eigenvalue weighted by Crippen LogP contribution is 2.71. The molecule has 0 aromatic heterocycles. The molecule has 0 spiro atoms. The summed E-state index contributed by atoms with van der Waals surface area (Å²) < 4.78 is 6.01. The van der Waals surface area contributed by atoms with Gasteiger partial charge in [0.15, 0.2) is 12.2 Å². The molecule has 9 heteroatoms. The molecule has 0 radical (unpaired) electrons. The van der Waals surface area contributed by atoms with Crippen molar-refractivity contribution < 1.29 is 24.5 Å². The molecule has 0 amide bonds.